The van der Waals surface area contributed by atoms with Gasteiger partial charge in [-0.2, -0.15) is 5.10 Å². The highest BCUT2D eigenvalue weighted by atomic mass is 35.5. The van der Waals surface area contributed by atoms with Crippen LogP contribution in [0.1, 0.15) is 0 Å². The Hall–Kier alpha value is -3.16. The van der Waals surface area contributed by atoms with Crippen LogP contribution in [0.5, 0.6) is 0 Å². The van der Waals surface area contributed by atoms with Gasteiger partial charge in [0.05, 0.1) is 21.6 Å². The second-order valence-electron chi connectivity index (χ2n) is 6.71. The van der Waals surface area contributed by atoms with E-state index < -0.39 is 10.0 Å². The van der Waals surface area contributed by atoms with Crippen LogP contribution < -0.4 is 0 Å². The molecule has 2 aromatic carbocycles. The molecule has 0 N–H and O–H groups in total. The Bertz CT molecular complexity index is 1490. The fourth-order valence-corrected chi connectivity index (χ4v) is 5.29. The second-order valence-corrected chi connectivity index (χ2v) is 8.90. The van der Waals surface area contributed by atoms with Crippen molar-refractivity contribution in [1.29, 1.82) is 0 Å². The summed E-state index contributed by atoms with van der Waals surface area (Å²) in [6, 6.07) is 15.6. The summed E-state index contributed by atoms with van der Waals surface area (Å²) in [5.74, 6) is 0. The highest BCUT2D eigenvalue weighted by Crippen LogP contribution is 2.37. The zero-order valence-electron chi connectivity index (χ0n) is 15.3. The third kappa shape index (κ3) is 2.73. The molecule has 0 radical (unpaired) electrons. The molecule has 144 valence electrons. The van der Waals surface area contributed by atoms with Crippen molar-refractivity contribution in [2.24, 2.45) is 7.05 Å². The van der Waals surface area contributed by atoms with Crippen molar-refractivity contribution in [3.05, 3.63) is 78.2 Å². The van der Waals surface area contributed by atoms with Crippen LogP contribution in [0.25, 0.3) is 33.1 Å². The number of benzene rings is 2. The molecular weight excluding hydrogens is 408 g/mol. The number of hydrogen-bond donors (Lipinski definition) is 0. The number of pyridine rings is 1. The van der Waals surface area contributed by atoms with Crippen LogP contribution in [0, 0.1) is 0 Å². The molecule has 29 heavy (non-hydrogen) atoms. The topological polar surface area (TPSA) is 69.8 Å². The van der Waals surface area contributed by atoms with E-state index in [0.717, 1.165) is 16.5 Å². The molecule has 0 saturated heterocycles. The number of hydrogen-bond acceptors (Lipinski definition) is 4. The van der Waals surface area contributed by atoms with Gasteiger partial charge in [0, 0.05) is 35.8 Å². The van der Waals surface area contributed by atoms with Crippen molar-refractivity contribution in [3.8, 4) is 11.1 Å². The largest absolute Gasteiger partial charge is 0.275 e. The van der Waals surface area contributed by atoms with E-state index in [1.165, 1.54) is 10.2 Å². The number of aryl methyl sites for hydroxylation is 1. The van der Waals surface area contributed by atoms with Gasteiger partial charge < -0.3 is 0 Å². The fraction of sp³-hybridized carbons (Fsp3) is 0.0476. The zero-order valence-corrected chi connectivity index (χ0v) is 16.9. The highest BCUT2D eigenvalue weighted by molar-refractivity contribution is 7.90. The van der Waals surface area contributed by atoms with Gasteiger partial charge in [0.2, 0.25) is 0 Å². The van der Waals surface area contributed by atoms with Crippen LogP contribution in [0.4, 0.5) is 0 Å². The average Bonchev–Trinajstić information content (AvgIpc) is 3.30. The highest BCUT2D eigenvalue weighted by Gasteiger charge is 2.25. The third-order valence-corrected chi connectivity index (χ3v) is 6.91. The minimum Gasteiger partial charge on any atom is -0.275 e. The van der Waals surface area contributed by atoms with Crippen molar-refractivity contribution < 1.29 is 8.42 Å². The van der Waals surface area contributed by atoms with E-state index in [1.807, 2.05) is 25.4 Å². The Labute approximate surface area is 172 Å². The lowest BCUT2D eigenvalue weighted by molar-refractivity contribution is 0.590. The first-order chi connectivity index (χ1) is 14.0. The molecular formula is C21H15ClN4O2S. The predicted octanol–water partition coefficient (Wildman–Crippen LogP) is 4.48. The lowest BCUT2D eigenvalue weighted by Crippen LogP contribution is -2.13. The van der Waals surface area contributed by atoms with E-state index in [0.29, 0.717) is 21.6 Å². The van der Waals surface area contributed by atoms with Crippen LogP contribution in [0.2, 0.25) is 5.02 Å². The SMILES string of the molecule is Cn1cc(-c2ccc3c(c2)c2c(Cl)ccnc2n3S(=O)(=O)c2ccccc2)cn1. The summed E-state index contributed by atoms with van der Waals surface area (Å²) in [5.41, 5.74) is 2.68. The molecule has 0 aliphatic rings. The maximum atomic E-state index is 13.5. The van der Waals surface area contributed by atoms with Gasteiger partial charge in [0.1, 0.15) is 0 Å². The molecule has 5 aromatic rings. The van der Waals surface area contributed by atoms with Crippen LogP contribution in [0.15, 0.2) is 78.1 Å². The van der Waals surface area contributed by atoms with Gasteiger partial charge >= 0.3 is 0 Å². The molecule has 3 heterocycles. The number of aromatic nitrogens is 4. The maximum absolute atomic E-state index is 13.5. The normalized spacial score (nSPS) is 12.1. The minimum absolute atomic E-state index is 0.192. The van der Waals surface area contributed by atoms with Crippen molar-refractivity contribution in [2.75, 3.05) is 0 Å². The van der Waals surface area contributed by atoms with Crippen molar-refractivity contribution in [1.82, 2.24) is 18.7 Å². The second kappa shape index (κ2) is 6.43. The molecule has 8 heteroatoms. The molecule has 0 atom stereocenters. The summed E-state index contributed by atoms with van der Waals surface area (Å²) in [6.45, 7) is 0. The molecule has 0 aliphatic carbocycles. The van der Waals surface area contributed by atoms with E-state index >= 15 is 0 Å². The quantitative estimate of drug-likeness (QED) is 0.430. The monoisotopic (exact) mass is 422 g/mol. The van der Waals surface area contributed by atoms with Gasteiger partial charge in [-0.1, -0.05) is 35.9 Å². The summed E-state index contributed by atoms with van der Waals surface area (Å²) in [7, 11) is -2.01. The zero-order chi connectivity index (χ0) is 20.2. The maximum Gasteiger partial charge on any atom is 0.269 e. The number of halogens is 1. The van der Waals surface area contributed by atoms with Crippen LogP contribution >= 0.6 is 11.6 Å². The third-order valence-electron chi connectivity index (χ3n) is 4.88. The van der Waals surface area contributed by atoms with Gasteiger partial charge in [0.15, 0.2) is 5.65 Å². The molecule has 0 saturated carbocycles. The van der Waals surface area contributed by atoms with Crippen LogP contribution in [-0.2, 0) is 17.1 Å². The summed E-state index contributed by atoms with van der Waals surface area (Å²) in [5, 5.41) is 5.99. The van der Waals surface area contributed by atoms with Gasteiger partial charge in [-0.05, 0) is 35.9 Å². The Morgan fingerprint density at radius 1 is 1.00 bits per heavy atom. The van der Waals surface area contributed by atoms with Crippen molar-refractivity contribution in [3.63, 3.8) is 0 Å². The van der Waals surface area contributed by atoms with Crippen molar-refractivity contribution in [2.45, 2.75) is 4.90 Å². The van der Waals surface area contributed by atoms with Crippen LogP contribution in [0.3, 0.4) is 0 Å². The number of nitrogens with zero attached hydrogens (tertiary/aromatic N) is 4. The molecule has 0 aliphatic heterocycles. The van der Waals surface area contributed by atoms with E-state index in [2.05, 4.69) is 10.1 Å². The summed E-state index contributed by atoms with van der Waals surface area (Å²) in [6.07, 6.45) is 5.18. The van der Waals surface area contributed by atoms with E-state index in [4.69, 9.17) is 11.6 Å². The predicted molar refractivity (Wildman–Crippen MR) is 113 cm³/mol. The lowest BCUT2D eigenvalue weighted by Gasteiger charge is -2.08. The van der Waals surface area contributed by atoms with E-state index in [1.54, 1.807) is 53.3 Å². The lowest BCUT2D eigenvalue weighted by atomic mass is 10.1. The van der Waals surface area contributed by atoms with E-state index in [9.17, 15) is 8.42 Å². The average molecular weight is 423 g/mol. The summed E-state index contributed by atoms with van der Waals surface area (Å²) in [4.78, 5) is 4.55. The Balaban J connectivity index is 1.88. The molecule has 0 amide bonds. The molecule has 0 unspecified atom stereocenters. The molecule has 0 spiro atoms. The van der Waals surface area contributed by atoms with Crippen LogP contribution in [-0.4, -0.2) is 27.2 Å². The molecule has 5 rings (SSSR count). The summed E-state index contributed by atoms with van der Waals surface area (Å²) < 4.78 is 29.9. The Kier molecular flexibility index (Phi) is 3.97. The number of rotatable bonds is 3. The standard InChI is InChI=1S/C21H15ClN4O2S/c1-25-13-15(12-24-25)14-7-8-19-17(11-14)20-18(22)9-10-23-21(20)26(19)29(27,28)16-5-3-2-4-6-16/h2-13H,1H3. The summed E-state index contributed by atoms with van der Waals surface area (Å²) >= 11 is 6.48. The first kappa shape index (κ1) is 17.9. The van der Waals surface area contributed by atoms with Crippen molar-refractivity contribution >= 4 is 43.6 Å². The first-order valence-corrected chi connectivity index (χ1v) is 10.7. The molecule has 3 aromatic heterocycles. The van der Waals surface area contributed by atoms with Gasteiger partial charge in [-0.25, -0.2) is 17.4 Å². The van der Waals surface area contributed by atoms with Gasteiger partial charge in [-0.3, -0.25) is 4.68 Å². The van der Waals surface area contributed by atoms with E-state index in [-0.39, 0.29) is 4.90 Å². The molecule has 0 fully saturated rings. The number of fused-ring (bicyclic) bond motifs is 3. The van der Waals surface area contributed by atoms with Gasteiger partial charge in [-0.15, -0.1) is 0 Å². The minimum atomic E-state index is -3.86. The Morgan fingerprint density at radius 2 is 1.79 bits per heavy atom. The van der Waals surface area contributed by atoms with Gasteiger partial charge in [0.25, 0.3) is 10.0 Å². The Morgan fingerprint density at radius 3 is 2.52 bits per heavy atom. The molecule has 6 nitrogen and oxygen atoms in total. The smallest absolute Gasteiger partial charge is 0.269 e. The fourth-order valence-electron chi connectivity index (χ4n) is 3.55. The first-order valence-electron chi connectivity index (χ1n) is 8.85. The molecule has 0 bridgehead atoms.